The highest BCUT2D eigenvalue weighted by Crippen LogP contribution is 2.32. The lowest BCUT2D eigenvalue weighted by molar-refractivity contribution is -0.188. The van der Waals surface area contributed by atoms with Crippen molar-refractivity contribution in [2.24, 2.45) is 5.41 Å². The Balaban J connectivity index is 2.21. The Bertz CT molecular complexity index is 602. The number of nitriles is 1. The molecule has 4 nitrogen and oxygen atoms in total. The van der Waals surface area contributed by atoms with Crippen molar-refractivity contribution in [1.82, 2.24) is 10.4 Å². The first-order valence-electron chi connectivity index (χ1n) is 6.77. The summed E-state index contributed by atoms with van der Waals surface area (Å²) in [5, 5.41) is 9.67. The fraction of sp³-hybridized carbons (Fsp3) is 0.467. The maximum absolute atomic E-state index is 13.3. The van der Waals surface area contributed by atoms with Crippen molar-refractivity contribution in [1.29, 1.82) is 5.26 Å². The van der Waals surface area contributed by atoms with Crippen LogP contribution in [0.3, 0.4) is 0 Å². The monoisotopic (exact) mass is 311 g/mol. The van der Waals surface area contributed by atoms with E-state index in [1.807, 2.05) is 6.07 Å². The van der Waals surface area contributed by atoms with E-state index in [1.165, 1.54) is 24.3 Å². The van der Waals surface area contributed by atoms with Crippen LogP contribution in [0, 0.1) is 16.7 Å². The number of carbonyl (C=O) groups is 1. The zero-order chi connectivity index (χ0) is 16.5. The van der Waals surface area contributed by atoms with Crippen LogP contribution >= 0.6 is 0 Å². The van der Waals surface area contributed by atoms with E-state index in [0.29, 0.717) is 11.1 Å². The molecule has 1 fully saturated rings. The zero-order valence-electron chi connectivity index (χ0n) is 12.2. The SMILES string of the molecule is CC1(C)CN([C@@H](Cc2ccc(C#N)cc2)C(F)(F)F)NC1=O. The Morgan fingerprint density at radius 3 is 2.36 bits per heavy atom. The van der Waals surface area contributed by atoms with E-state index in [1.54, 1.807) is 13.8 Å². The molecule has 0 saturated carbocycles. The number of nitrogens with one attached hydrogen (secondary N) is 1. The molecule has 1 aliphatic heterocycles. The maximum Gasteiger partial charge on any atom is 0.406 e. The first-order chi connectivity index (χ1) is 10.1. The van der Waals surface area contributed by atoms with E-state index in [2.05, 4.69) is 5.43 Å². The number of amides is 1. The molecule has 118 valence electrons. The molecule has 0 radical (unpaired) electrons. The molecular weight excluding hydrogens is 295 g/mol. The van der Waals surface area contributed by atoms with Gasteiger partial charge in [-0.15, -0.1) is 0 Å². The van der Waals surface area contributed by atoms with Gasteiger partial charge in [0.2, 0.25) is 5.91 Å². The summed E-state index contributed by atoms with van der Waals surface area (Å²) in [6.45, 7) is 3.21. The molecule has 1 amide bonds. The first kappa shape index (κ1) is 16.3. The lowest BCUT2D eigenvalue weighted by atomic mass is 9.94. The Morgan fingerprint density at radius 1 is 1.36 bits per heavy atom. The van der Waals surface area contributed by atoms with E-state index in [9.17, 15) is 18.0 Å². The molecule has 1 aliphatic rings. The van der Waals surface area contributed by atoms with E-state index < -0.39 is 23.5 Å². The minimum atomic E-state index is -4.47. The van der Waals surface area contributed by atoms with Crippen molar-refractivity contribution in [3.05, 3.63) is 35.4 Å². The van der Waals surface area contributed by atoms with Crippen LogP contribution in [-0.2, 0) is 11.2 Å². The highest BCUT2D eigenvalue weighted by molar-refractivity contribution is 5.83. The summed E-state index contributed by atoms with van der Waals surface area (Å²) in [4.78, 5) is 11.7. The third-order valence-corrected chi connectivity index (χ3v) is 3.69. The number of halogens is 3. The fourth-order valence-electron chi connectivity index (χ4n) is 2.35. The van der Waals surface area contributed by atoms with Crippen LogP contribution in [-0.4, -0.2) is 29.7 Å². The standard InChI is InChI=1S/C15H16F3N3O/c1-14(2)9-21(20-13(14)22)12(15(16,17)18)7-10-3-5-11(8-19)6-4-10/h3-6,12H,7,9H2,1-2H3,(H,20,22)/t12-/m0/s1. The summed E-state index contributed by atoms with van der Waals surface area (Å²) >= 11 is 0. The zero-order valence-corrected chi connectivity index (χ0v) is 12.2. The molecular formula is C15H16F3N3O. The second kappa shape index (κ2) is 5.61. The summed E-state index contributed by atoms with van der Waals surface area (Å²) in [7, 11) is 0. The Morgan fingerprint density at radius 2 is 1.95 bits per heavy atom. The quantitative estimate of drug-likeness (QED) is 0.932. The number of hydrazine groups is 1. The van der Waals surface area contributed by atoms with Gasteiger partial charge in [0.1, 0.15) is 6.04 Å². The highest BCUT2D eigenvalue weighted by Gasteiger charge is 2.50. The first-order valence-corrected chi connectivity index (χ1v) is 6.77. The number of carbonyl (C=O) groups excluding carboxylic acids is 1. The lowest BCUT2D eigenvalue weighted by Gasteiger charge is -2.29. The molecule has 1 N–H and O–H groups in total. The normalized spacial score (nSPS) is 19.5. The van der Waals surface area contributed by atoms with Crippen LogP contribution in [0.25, 0.3) is 0 Å². The second-order valence-electron chi connectivity index (χ2n) is 6.02. The van der Waals surface area contributed by atoms with Gasteiger partial charge >= 0.3 is 6.18 Å². The predicted octanol–water partition coefficient (Wildman–Crippen LogP) is 2.40. The van der Waals surface area contributed by atoms with Gasteiger partial charge in [-0.3, -0.25) is 10.2 Å². The highest BCUT2D eigenvalue weighted by atomic mass is 19.4. The molecule has 0 bridgehead atoms. The van der Waals surface area contributed by atoms with Gasteiger partial charge in [0.25, 0.3) is 0 Å². The summed E-state index contributed by atoms with van der Waals surface area (Å²) in [6, 6.07) is 6.08. The van der Waals surface area contributed by atoms with Gasteiger partial charge in [-0.25, -0.2) is 5.01 Å². The summed E-state index contributed by atoms with van der Waals surface area (Å²) in [6.07, 6.45) is -4.76. The predicted molar refractivity (Wildman–Crippen MR) is 73.3 cm³/mol. The molecule has 22 heavy (non-hydrogen) atoms. The molecule has 7 heteroatoms. The molecule has 0 unspecified atom stereocenters. The topological polar surface area (TPSA) is 56.1 Å². The van der Waals surface area contributed by atoms with E-state index in [-0.39, 0.29) is 13.0 Å². The van der Waals surface area contributed by atoms with Crippen molar-refractivity contribution < 1.29 is 18.0 Å². The number of benzene rings is 1. The van der Waals surface area contributed by atoms with E-state index in [0.717, 1.165) is 5.01 Å². The number of nitrogens with zero attached hydrogens (tertiary/aromatic N) is 2. The molecule has 1 atom stereocenters. The van der Waals surface area contributed by atoms with Crippen molar-refractivity contribution >= 4 is 5.91 Å². The second-order valence-corrected chi connectivity index (χ2v) is 6.02. The number of alkyl halides is 3. The van der Waals surface area contributed by atoms with Gasteiger partial charge in [-0.1, -0.05) is 12.1 Å². The van der Waals surface area contributed by atoms with Gasteiger partial charge in [-0.05, 0) is 38.0 Å². The third-order valence-electron chi connectivity index (χ3n) is 3.69. The lowest BCUT2D eigenvalue weighted by Crippen LogP contribution is -2.51. The molecule has 0 spiro atoms. The average Bonchev–Trinajstić information content (AvgIpc) is 2.69. The van der Waals surface area contributed by atoms with Gasteiger partial charge in [0, 0.05) is 6.54 Å². The molecule has 1 aromatic carbocycles. The van der Waals surface area contributed by atoms with Crippen LogP contribution in [0.5, 0.6) is 0 Å². The van der Waals surface area contributed by atoms with E-state index in [4.69, 9.17) is 5.26 Å². The fourth-order valence-corrected chi connectivity index (χ4v) is 2.35. The van der Waals surface area contributed by atoms with Gasteiger partial charge in [-0.2, -0.15) is 18.4 Å². The Hall–Kier alpha value is -2.07. The minimum absolute atomic E-state index is 0.00765. The van der Waals surface area contributed by atoms with Crippen LogP contribution in [0.4, 0.5) is 13.2 Å². The van der Waals surface area contributed by atoms with Crippen molar-refractivity contribution in [3.8, 4) is 6.07 Å². The molecule has 0 aromatic heterocycles. The van der Waals surface area contributed by atoms with Gasteiger partial charge in [0.15, 0.2) is 0 Å². The summed E-state index contributed by atoms with van der Waals surface area (Å²) < 4.78 is 40.0. The molecule has 2 rings (SSSR count). The van der Waals surface area contributed by atoms with E-state index >= 15 is 0 Å². The summed E-state index contributed by atoms with van der Waals surface area (Å²) in [5.74, 6) is -0.415. The molecule has 1 saturated heterocycles. The van der Waals surface area contributed by atoms with Crippen LogP contribution in [0.1, 0.15) is 25.0 Å². The van der Waals surface area contributed by atoms with Crippen LogP contribution in [0.15, 0.2) is 24.3 Å². The molecule has 0 aliphatic carbocycles. The van der Waals surface area contributed by atoms with Gasteiger partial charge in [0.05, 0.1) is 17.0 Å². The molecule has 1 heterocycles. The minimum Gasteiger partial charge on any atom is -0.288 e. The maximum atomic E-state index is 13.3. The van der Waals surface area contributed by atoms with Crippen molar-refractivity contribution in [2.45, 2.75) is 32.5 Å². The number of hydrogen-bond donors (Lipinski definition) is 1. The Kier molecular flexibility index (Phi) is 4.16. The third kappa shape index (κ3) is 3.39. The van der Waals surface area contributed by atoms with Crippen molar-refractivity contribution in [2.75, 3.05) is 6.54 Å². The largest absolute Gasteiger partial charge is 0.406 e. The van der Waals surface area contributed by atoms with Crippen molar-refractivity contribution in [3.63, 3.8) is 0 Å². The number of rotatable bonds is 3. The Labute approximate surface area is 126 Å². The average molecular weight is 311 g/mol. The van der Waals surface area contributed by atoms with Crippen LogP contribution in [0.2, 0.25) is 0 Å². The van der Waals surface area contributed by atoms with Gasteiger partial charge < -0.3 is 0 Å². The number of hydrogen-bond acceptors (Lipinski definition) is 3. The summed E-state index contributed by atoms with van der Waals surface area (Å²) in [5.41, 5.74) is 2.31. The van der Waals surface area contributed by atoms with Crippen LogP contribution < -0.4 is 5.43 Å². The smallest absolute Gasteiger partial charge is 0.288 e. The molecule has 1 aromatic rings.